The van der Waals surface area contributed by atoms with E-state index < -0.39 is 0 Å². The lowest BCUT2D eigenvalue weighted by molar-refractivity contribution is 0.220. The van der Waals surface area contributed by atoms with Gasteiger partial charge < -0.3 is 9.80 Å². The predicted octanol–water partition coefficient (Wildman–Crippen LogP) is 4.85. The molecule has 2 aliphatic rings. The Morgan fingerprint density at radius 3 is 1.83 bits per heavy atom. The van der Waals surface area contributed by atoms with Crippen LogP contribution in [0.15, 0.2) is 0 Å². The number of nitrogens with zero attached hydrogens (tertiary/aromatic N) is 2. The highest BCUT2D eigenvalue weighted by Crippen LogP contribution is 2.44. The minimum Gasteiger partial charge on any atom is -0.309 e. The highest BCUT2D eigenvalue weighted by molar-refractivity contribution is 5.01. The third-order valence-corrected chi connectivity index (χ3v) is 6.37. The average molecular weight is 322 g/mol. The molecule has 0 amide bonds. The SMILES string of the molecule is CN(C)CCCC1CC[C](C2CCC(CCN(C)C)CC2)CC1. The van der Waals surface area contributed by atoms with E-state index in [1.807, 2.05) is 5.92 Å². The molecule has 0 unspecified atom stereocenters. The zero-order chi connectivity index (χ0) is 16.7. The lowest BCUT2D eigenvalue weighted by Crippen LogP contribution is -2.26. The Morgan fingerprint density at radius 1 is 0.696 bits per heavy atom. The van der Waals surface area contributed by atoms with E-state index in [1.54, 1.807) is 0 Å². The maximum Gasteiger partial charge on any atom is -0.00222 e. The van der Waals surface area contributed by atoms with Gasteiger partial charge in [0.25, 0.3) is 0 Å². The number of hydrogen-bond acceptors (Lipinski definition) is 2. The topological polar surface area (TPSA) is 6.48 Å². The second-order valence-electron chi connectivity index (χ2n) is 8.86. The summed E-state index contributed by atoms with van der Waals surface area (Å²) in [5.74, 6) is 4.99. The molecule has 0 heterocycles. The van der Waals surface area contributed by atoms with Crippen molar-refractivity contribution in [2.75, 3.05) is 41.3 Å². The number of hydrogen-bond donors (Lipinski definition) is 0. The molecule has 0 bridgehead atoms. The summed E-state index contributed by atoms with van der Waals surface area (Å²) in [7, 11) is 8.81. The quantitative estimate of drug-likeness (QED) is 0.630. The van der Waals surface area contributed by atoms with Crippen LogP contribution < -0.4 is 0 Å². The standard InChI is InChI=1S/C21H41N2/c1-22(2)16-5-6-18-7-11-20(12-8-18)21-13-9-19(10-14-21)15-17-23(3)4/h18-19,21H,5-17H2,1-4H3. The van der Waals surface area contributed by atoms with Crippen LogP contribution in [0.25, 0.3) is 0 Å². The molecule has 2 nitrogen and oxygen atoms in total. The summed E-state index contributed by atoms with van der Waals surface area (Å²) in [6.07, 6.45) is 16.2. The molecule has 0 aromatic rings. The molecule has 0 aromatic carbocycles. The third-order valence-electron chi connectivity index (χ3n) is 6.37. The van der Waals surface area contributed by atoms with Crippen LogP contribution in [0.2, 0.25) is 0 Å². The summed E-state index contributed by atoms with van der Waals surface area (Å²) in [6.45, 7) is 2.55. The van der Waals surface area contributed by atoms with Crippen LogP contribution in [0.3, 0.4) is 0 Å². The molecule has 135 valence electrons. The van der Waals surface area contributed by atoms with Gasteiger partial charge in [-0.2, -0.15) is 0 Å². The zero-order valence-electron chi connectivity index (χ0n) is 16.3. The van der Waals surface area contributed by atoms with Crippen LogP contribution in [0.4, 0.5) is 0 Å². The van der Waals surface area contributed by atoms with Gasteiger partial charge in [0.2, 0.25) is 0 Å². The molecule has 2 heteroatoms. The molecule has 2 rings (SSSR count). The third kappa shape index (κ3) is 7.13. The van der Waals surface area contributed by atoms with Crippen molar-refractivity contribution in [3.05, 3.63) is 5.92 Å². The molecule has 2 saturated carbocycles. The van der Waals surface area contributed by atoms with E-state index in [-0.39, 0.29) is 0 Å². The molecule has 0 spiro atoms. The van der Waals surface area contributed by atoms with E-state index in [1.165, 1.54) is 83.7 Å². The van der Waals surface area contributed by atoms with Gasteiger partial charge in [-0.1, -0.05) is 12.8 Å². The normalized spacial score (nSPS) is 27.9. The van der Waals surface area contributed by atoms with Gasteiger partial charge in [-0.15, -0.1) is 0 Å². The Kier molecular flexibility index (Phi) is 8.40. The Balaban J connectivity index is 1.59. The van der Waals surface area contributed by atoms with E-state index in [0.717, 1.165) is 17.8 Å². The Morgan fingerprint density at radius 2 is 1.26 bits per heavy atom. The number of rotatable bonds is 8. The fourth-order valence-corrected chi connectivity index (χ4v) is 4.74. The summed E-state index contributed by atoms with van der Waals surface area (Å²) < 4.78 is 0. The lowest BCUT2D eigenvalue weighted by atomic mass is 9.68. The fraction of sp³-hybridized carbons (Fsp3) is 0.952. The van der Waals surface area contributed by atoms with Crippen molar-refractivity contribution >= 4 is 0 Å². The first-order valence-electron chi connectivity index (χ1n) is 10.2. The van der Waals surface area contributed by atoms with Crippen LogP contribution in [-0.2, 0) is 0 Å². The molecule has 1 radical (unpaired) electrons. The Labute approximate surface area is 146 Å². The van der Waals surface area contributed by atoms with Crippen molar-refractivity contribution in [3.63, 3.8) is 0 Å². The van der Waals surface area contributed by atoms with Crippen molar-refractivity contribution in [2.24, 2.45) is 17.8 Å². The lowest BCUT2D eigenvalue weighted by Gasteiger charge is -2.37. The summed E-state index contributed by atoms with van der Waals surface area (Å²) in [4.78, 5) is 4.67. The van der Waals surface area contributed by atoms with Gasteiger partial charge in [0, 0.05) is 0 Å². The minimum absolute atomic E-state index is 0.994. The van der Waals surface area contributed by atoms with E-state index in [4.69, 9.17) is 0 Å². The molecule has 0 aliphatic heterocycles. The highest BCUT2D eigenvalue weighted by atomic mass is 15.0. The van der Waals surface area contributed by atoms with Crippen LogP contribution in [0.5, 0.6) is 0 Å². The second kappa shape index (κ2) is 10.0. The van der Waals surface area contributed by atoms with E-state index >= 15 is 0 Å². The highest BCUT2D eigenvalue weighted by Gasteiger charge is 2.30. The maximum atomic E-state index is 2.35. The van der Waals surface area contributed by atoms with E-state index in [2.05, 4.69) is 38.0 Å². The van der Waals surface area contributed by atoms with Gasteiger partial charge in [-0.25, -0.2) is 0 Å². The van der Waals surface area contributed by atoms with Crippen LogP contribution >= 0.6 is 0 Å². The second-order valence-corrected chi connectivity index (χ2v) is 8.86. The minimum atomic E-state index is 0.994. The first-order valence-corrected chi connectivity index (χ1v) is 10.2. The maximum absolute atomic E-state index is 2.35. The monoisotopic (exact) mass is 321 g/mol. The summed E-state index contributed by atoms with van der Waals surface area (Å²) >= 11 is 0. The van der Waals surface area contributed by atoms with Crippen molar-refractivity contribution in [1.29, 1.82) is 0 Å². The molecular formula is C21H41N2. The van der Waals surface area contributed by atoms with Crippen LogP contribution in [0.1, 0.15) is 70.6 Å². The molecule has 0 N–H and O–H groups in total. The zero-order valence-corrected chi connectivity index (χ0v) is 16.3. The Hall–Kier alpha value is -0.0800. The molecule has 0 aromatic heterocycles. The van der Waals surface area contributed by atoms with Crippen LogP contribution in [-0.4, -0.2) is 51.1 Å². The van der Waals surface area contributed by atoms with E-state index in [0.29, 0.717) is 0 Å². The summed E-state index contributed by atoms with van der Waals surface area (Å²) in [6, 6.07) is 0. The fourth-order valence-electron chi connectivity index (χ4n) is 4.74. The van der Waals surface area contributed by atoms with Crippen molar-refractivity contribution < 1.29 is 0 Å². The smallest absolute Gasteiger partial charge is 0.00222 e. The van der Waals surface area contributed by atoms with Gasteiger partial charge in [0.05, 0.1) is 0 Å². The first-order chi connectivity index (χ1) is 11.0. The molecule has 0 saturated heterocycles. The summed E-state index contributed by atoms with van der Waals surface area (Å²) in [5.41, 5.74) is 0. The average Bonchev–Trinajstić information content (AvgIpc) is 2.54. The van der Waals surface area contributed by atoms with Gasteiger partial charge >= 0.3 is 0 Å². The van der Waals surface area contributed by atoms with Crippen molar-refractivity contribution in [3.8, 4) is 0 Å². The largest absolute Gasteiger partial charge is 0.309 e. The van der Waals surface area contributed by atoms with E-state index in [9.17, 15) is 0 Å². The molecule has 2 aliphatic carbocycles. The molecule has 23 heavy (non-hydrogen) atoms. The summed E-state index contributed by atoms with van der Waals surface area (Å²) in [5, 5.41) is 0. The van der Waals surface area contributed by atoms with Crippen molar-refractivity contribution in [1.82, 2.24) is 9.80 Å². The Bertz CT molecular complexity index is 297. The molecule has 0 atom stereocenters. The first kappa shape index (κ1) is 19.2. The predicted molar refractivity (Wildman–Crippen MR) is 102 cm³/mol. The van der Waals surface area contributed by atoms with Gasteiger partial charge in [0.1, 0.15) is 0 Å². The van der Waals surface area contributed by atoms with Crippen LogP contribution in [0, 0.1) is 23.7 Å². The van der Waals surface area contributed by atoms with Gasteiger partial charge in [-0.3, -0.25) is 0 Å². The molecular weight excluding hydrogens is 280 g/mol. The van der Waals surface area contributed by atoms with Gasteiger partial charge in [0.15, 0.2) is 0 Å². The van der Waals surface area contributed by atoms with Gasteiger partial charge in [-0.05, 0) is 123 Å². The van der Waals surface area contributed by atoms with Crippen molar-refractivity contribution in [2.45, 2.75) is 70.6 Å². The molecule has 2 fully saturated rings.